The average molecular weight is 451 g/mol. The lowest BCUT2D eigenvalue weighted by molar-refractivity contribution is 0.0982. The number of hydrogen-bond acceptors (Lipinski definition) is 5. The van der Waals surface area contributed by atoms with Crippen molar-refractivity contribution in [3.8, 4) is 0 Å². The van der Waals surface area contributed by atoms with E-state index in [2.05, 4.69) is 6.07 Å². The molecule has 0 N–H and O–H groups in total. The smallest absolute Gasteiger partial charge is 0.261 e. The largest absolute Gasteiger partial charge is 0.279 e. The monoisotopic (exact) mass is 450 g/mol. The molecule has 31 heavy (non-hydrogen) atoms. The molecule has 0 aliphatic rings. The zero-order valence-corrected chi connectivity index (χ0v) is 19.1. The predicted octanol–water partition coefficient (Wildman–Crippen LogP) is 5.16. The molecule has 5 nitrogen and oxygen atoms in total. The molecular formula is C24H22N2O3S2. The van der Waals surface area contributed by atoms with Crippen molar-refractivity contribution in [3.63, 3.8) is 0 Å². The number of benzene rings is 3. The summed E-state index contributed by atoms with van der Waals surface area (Å²) in [6, 6.07) is 20.0. The van der Waals surface area contributed by atoms with Crippen LogP contribution in [0, 0.1) is 13.8 Å². The Bertz CT molecular complexity index is 1340. The number of anilines is 1. The average Bonchev–Trinajstić information content (AvgIpc) is 3.14. The Morgan fingerprint density at radius 2 is 1.61 bits per heavy atom. The zero-order valence-electron chi connectivity index (χ0n) is 17.5. The van der Waals surface area contributed by atoms with E-state index in [1.807, 2.05) is 50.2 Å². The lowest BCUT2D eigenvalue weighted by Gasteiger charge is -2.21. The van der Waals surface area contributed by atoms with Crippen molar-refractivity contribution in [2.75, 3.05) is 11.2 Å². The second kappa shape index (κ2) is 8.24. The number of rotatable bonds is 5. The highest BCUT2D eigenvalue weighted by Crippen LogP contribution is 2.33. The Morgan fingerprint density at radius 1 is 0.968 bits per heavy atom. The molecule has 0 atom stereocenters. The lowest BCUT2D eigenvalue weighted by Crippen LogP contribution is -2.31. The molecule has 1 amide bonds. The van der Waals surface area contributed by atoms with E-state index >= 15 is 0 Å². The fourth-order valence-electron chi connectivity index (χ4n) is 3.39. The highest BCUT2D eigenvalue weighted by atomic mass is 32.2. The third-order valence-corrected chi connectivity index (χ3v) is 7.37. The summed E-state index contributed by atoms with van der Waals surface area (Å²) in [4.78, 5) is 20.0. The Kier molecular flexibility index (Phi) is 5.64. The third-order valence-electron chi connectivity index (χ3n) is 5.17. The van der Waals surface area contributed by atoms with Crippen LogP contribution in [-0.4, -0.2) is 25.6 Å². The van der Waals surface area contributed by atoms with Crippen molar-refractivity contribution in [2.45, 2.75) is 25.3 Å². The molecule has 0 fully saturated rings. The van der Waals surface area contributed by atoms with Gasteiger partial charge in [-0.25, -0.2) is 13.4 Å². The summed E-state index contributed by atoms with van der Waals surface area (Å²) in [5.74, 6) is -0.391. The molecule has 0 unspecified atom stereocenters. The Morgan fingerprint density at radius 3 is 2.32 bits per heavy atom. The van der Waals surface area contributed by atoms with Crippen LogP contribution >= 0.6 is 11.3 Å². The summed E-state index contributed by atoms with van der Waals surface area (Å²) >= 11 is 1.43. The van der Waals surface area contributed by atoms with E-state index in [-0.39, 0.29) is 17.0 Å². The van der Waals surface area contributed by atoms with Crippen LogP contribution in [0.5, 0.6) is 0 Å². The maximum absolute atomic E-state index is 13.7. The van der Waals surface area contributed by atoms with Crippen molar-refractivity contribution < 1.29 is 13.2 Å². The molecule has 0 aliphatic heterocycles. The van der Waals surface area contributed by atoms with E-state index < -0.39 is 15.7 Å². The van der Waals surface area contributed by atoms with Crippen molar-refractivity contribution in [1.82, 2.24) is 4.98 Å². The van der Waals surface area contributed by atoms with Crippen LogP contribution < -0.4 is 4.90 Å². The van der Waals surface area contributed by atoms with E-state index in [1.54, 1.807) is 23.1 Å². The molecule has 0 saturated heterocycles. The number of nitrogens with zero attached hydrogens (tertiary/aromatic N) is 2. The van der Waals surface area contributed by atoms with E-state index in [0.29, 0.717) is 5.13 Å². The van der Waals surface area contributed by atoms with E-state index in [4.69, 9.17) is 4.98 Å². The van der Waals surface area contributed by atoms with E-state index in [1.165, 1.54) is 17.4 Å². The van der Waals surface area contributed by atoms with Gasteiger partial charge in [0.05, 0.1) is 27.2 Å². The molecule has 3 aromatic carbocycles. The van der Waals surface area contributed by atoms with Gasteiger partial charge in [0.2, 0.25) is 0 Å². The molecule has 0 spiro atoms. The number of carbonyl (C=O) groups excluding carboxylic acids is 1. The molecular weight excluding hydrogens is 428 g/mol. The highest BCUT2D eigenvalue weighted by Gasteiger charge is 2.26. The van der Waals surface area contributed by atoms with Gasteiger partial charge in [-0.1, -0.05) is 53.8 Å². The predicted molar refractivity (Wildman–Crippen MR) is 126 cm³/mol. The maximum Gasteiger partial charge on any atom is 0.261 e. The number of sulfone groups is 1. The number of carbonyl (C=O) groups is 1. The summed E-state index contributed by atoms with van der Waals surface area (Å²) in [7, 11) is -3.57. The van der Waals surface area contributed by atoms with Crippen LogP contribution in [0.25, 0.3) is 10.2 Å². The number of aryl methyl sites for hydroxylation is 2. The molecule has 1 aromatic heterocycles. The molecule has 158 valence electrons. The summed E-state index contributed by atoms with van der Waals surface area (Å²) in [5, 5.41) is 0.539. The van der Waals surface area contributed by atoms with Gasteiger partial charge < -0.3 is 0 Å². The Labute approximate surface area is 185 Å². The van der Waals surface area contributed by atoms with Crippen LogP contribution in [0.1, 0.15) is 27.0 Å². The standard InChI is InChI=1S/C24H22N2O3S2/c1-16-13-20-21(14-17(16)2)30-24(25-20)26(15-18-9-5-4-6-10-18)23(27)19-11-7-8-12-22(19)31(3,28)29/h4-14H,15H2,1-3H3. The van der Waals surface area contributed by atoms with Crippen LogP contribution in [0.3, 0.4) is 0 Å². The normalized spacial score (nSPS) is 11.6. The first-order valence-corrected chi connectivity index (χ1v) is 12.5. The first-order valence-electron chi connectivity index (χ1n) is 9.77. The fraction of sp³-hybridized carbons (Fsp3) is 0.167. The number of amides is 1. The summed E-state index contributed by atoms with van der Waals surface area (Å²) < 4.78 is 25.6. The van der Waals surface area contributed by atoms with Crippen molar-refractivity contribution >= 4 is 42.4 Å². The van der Waals surface area contributed by atoms with Crippen LogP contribution in [0.4, 0.5) is 5.13 Å². The minimum atomic E-state index is -3.57. The molecule has 0 bridgehead atoms. The van der Waals surface area contributed by atoms with Crippen LogP contribution in [0.15, 0.2) is 71.6 Å². The van der Waals surface area contributed by atoms with Crippen molar-refractivity contribution in [1.29, 1.82) is 0 Å². The Hall–Kier alpha value is -3.03. The van der Waals surface area contributed by atoms with Gasteiger partial charge in [-0.2, -0.15) is 0 Å². The SMILES string of the molecule is Cc1cc2nc(N(Cc3ccccc3)C(=O)c3ccccc3S(C)(=O)=O)sc2cc1C. The van der Waals surface area contributed by atoms with Crippen LogP contribution in [-0.2, 0) is 16.4 Å². The molecule has 4 aromatic rings. The van der Waals surface area contributed by atoms with Crippen molar-refractivity contribution in [2.24, 2.45) is 0 Å². The van der Waals surface area contributed by atoms with Crippen LogP contribution in [0.2, 0.25) is 0 Å². The lowest BCUT2D eigenvalue weighted by atomic mass is 10.1. The van der Waals surface area contributed by atoms with E-state index in [0.717, 1.165) is 33.2 Å². The number of fused-ring (bicyclic) bond motifs is 1. The quantitative estimate of drug-likeness (QED) is 0.421. The van der Waals surface area contributed by atoms with Gasteiger partial charge in [0.1, 0.15) is 0 Å². The second-order valence-corrected chi connectivity index (χ2v) is 10.5. The summed E-state index contributed by atoms with van der Waals surface area (Å²) in [6.45, 7) is 4.36. The number of aromatic nitrogens is 1. The molecule has 0 saturated carbocycles. The van der Waals surface area contributed by atoms with Gasteiger partial charge in [0.15, 0.2) is 15.0 Å². The molecule has 0 radical (unpaired) electrons. The maximum atomic E-state index is 13.7. The first-order chi connectivity index (χ1) is 14.7. The minimum absolute atomic E-state index is 0.0193. The molecule has 1 heterocycles. The topological polar surface area (TPSA) is 67.3 Å². The fourth-order valence-corrected chi connectivity index (χ4v) is 5.31. The first kappa shape index (κ1) is 21.2. The second-order valence-electron chi connectivity index (χ2n) is 7.55. The van der Waals surface area contributed by atoms with E-state index in [9.17, 15) is 13.2 Å². The van der Waals surface area contributed by atoms with Gasteiger partial charge >= 0.3 is 0 Å². The van der Waals surface area contributed by atoms with Gasteiger partial charge in [-0.05, 0) is 54.8 Å². The van der Waals surface area contributed by atoms with Gasteiger partial charge in [0.25, 0.3) is 5.91 Å². The molecule has 7 heteroatoms. The van der Waals surface area contributed by atoms with Gasteiger partial charge in [-0.15, -0.1) is 0 Å². The number of thiazole rings is 1. The molecule has 4 rings (SSSR count). The highest BCUT2D eigenvalue weighted by molar-refractivity contribution is 7.90. The van der Waals surface area contributed by atoms with Crippen molar-refractivity contribution in [3.05, 3.63) is 89.0 Å². The third kappa shape index (κ3) is 4.38. The Balaban J connectivity index is 1.85. The zero-order chi connectivity index (χ0) is 22.2. The summed E-state index contributed by atoms with van der Waals surface area (Å²) in [5.41, 5.74) is 4.19. The van der Waals surface area contributed by atoms with Gasteiger partial charge in [0, 0.05) is 6.26 Å². The summed E-state index contributed by atoms with van der Waals surface area (Å²) in [6.07, 6.45) is 1.11. The minimum Gasteiger partial charge on any atom is -0.279 e. The molecule has 0 aliphatic carbocycles. The number of hydrogen-bond donors (Lipinski definition) is 0. The van der Waals surface area contributed by atoms with Gasteiger partial charge in [-0.3, -0.25) is 9.69 Å².